The van der Waals surface area contributed by atoms with Crippen molar-refractivity contribution in [2.45, 2.75) is 6.18 Å². The molecule has 0 radical (unpaired) electrons. The molecule has 4 rings (SSSR count). The van der Waals surface area contributed by atoms with Crippen LogP contribution in [-0.2, 0) is 6.18 Å². The first-order valence-corrected chi connectivity index (χ1v) is 9.78. The molecule has 0 aliphatic carbocycles. The molecule has 1 saturated heterocycles. The SMILES string of the molecule is Cl.Cl.O=C(c1ccc(Nc2nccc(-c3ccc(C(F)(F)F)cc3)n2)cc1)N1CCNCC1. The average molecular weight is 500 g/mol. The first-order valence-electron chi connectivity index (χ1n) is 9.78. The van der Waals surface area contributed by atoms with Crippen LogP contribution >= 0.6 is 24.8 Å². The van der Waals surface area contributed by atoms with E-state index in [2.05, 4.69) is 20.6 Å². The van der Waals surface area contributed by atoms with Crippen molar-refractivity contribution in [2.75, 3.05) is 31.5 Å². The maximum absolute atomic E-state index is 12.8. The summed E-state index contributed by atoms with van der Waals surface area (Å²) in [5, 5.41) is 6.27. The molecule has 33 heavy (non-hydrogen) atoms. The van der Waals surface area contributed by atoms with Gasteiger partial charge in [-0.15, -0.1) is 24.8 Å². The Labute approximate surface area is 201 Å². The minimum Gasteiger partial charge on any atom is -0.336 e. The van der Waals surface area contributed by atoms with Crippen LogP contribution in [0.5, 0.6) is 0 Å². The maximum atomic E-state index is 12.8. The summed E-state index contributed by atoms with van der Waals surface area (Å²) in [6.45, 7) is 2.95. The zero-order valence-corrected chi connectivity index (χ0v) is 18.9. The lowest BCUT2D eigenvalue weighted by Gasteiger charge is -2.27. The van der Waals surface area contributed by atoms with Crippen molar-refractivity contribution in [1.82, 2.24) is 20.2 Å². The Hall–Kier alpha value is -2.88. The van der Waals surface area contributed by atoms with E-state index in [0.29, 0.717) is 41.5 Å². The highest BCUT2D eigenvalue weighted by Crippen LogP contribution is 2.30. The third-order valence-electron chi connectivity index (χ3n) is 4.96. The van der Waals surface area contributed by atoms with Crippen molar-refractivity contribution in [1.29, 1.82) is 0 Å². The Morgan fingerprint density at radius 3 is 2.18 bits per heavy atom. The number of anilines is 2. The number of alkyl halides is 3. The number of hydrogen-bond donors (Lipinski definition) is 2. The molecule has 11 heteroatoms. The van der Waals surface area contributed by atoms with Gasteiger partial charge in [0.05, 0.1) is 11.3 Å². The molecule has 6 nitrogen and oxygen atoms in total. The molecular weight excluding hydrogens is 478 g/mol. The molecule has 0 unspecified atom stereocenters. The Morgan fingerprint density at radius 1 is 0.939 bits per heavy atom. The first kappa shape index (κ1) is 26.4. The van der Waals surface area contributed by atoms with Crippen molar-refractivity contribution in [3.63, 3.8) is 0 Å². The van der Waals surface area contributed by atoms with Crippen molar-refractivity contribution in [3.05, 3.63) is 71.9 Å². The molecule has 2 heterocycles. The lowest BCUT2D eigenvalue weighted by Crippen LogP contribution is -2.46. The van der Waals surface area contributed by atoms with Crippen LogP contribution in [0.4, 0.5) is 24.8 Å². The number of hydrogen-bond acceptors (Lipinski definition) is 5. The number of rotatable bonds is 4. The minimum absolute atomic E-state index is 0. The maximum Gasteiger partial charge on any atom is 0.416 e. The average Bonchev–Trinajstić information content (AvgIpc) is 2.79. The highest BCUT2D eigenvalue weighted by Gasteiger charge is 2.30. The van der Waals surface area contributed by atoms with Crippen LogP contribution in [-0.4, -0.2) is 47.0 Å². The second-order valence-corrected chi connectivity index (χ2v) is 7.09. The van der Waals surface area contributed by atoms with Gasteiger partial charge in [0.1, 0.15) is 0 Å². The quantitative estimate of drug-likeness (QED) is 0.539. The van der Waals surface area contributed by atoms with Crippen LogP contribution in [0.3, 0.4) is 0 Å². The summed E-state index contributed by atoms with van der Waals surface area (Å²) in [6, 6.07) is 13.5. The van der Waals surface area contributed by atoms with Gasteiger partial charge >= 0.3 is 6.18 Å². The Balaban J connectivity index is 0.00000193. The van der Waals surface area contributed by atoms with Crippen molar-refractivity contribution in [2.24, 2.45) is 0 Å². The third-order valence-corrected chi connectivity index (χ3v) is 4.96. The number of amides is 1. The molecule has 0 saturated carbocycles. The third kappa shape index (κ3) is 6.56. The number of carbonyl (C=O) groups is 1. The van der Waals surface area contributed by atoms with E-state index in [1.165, 1.54) is 18.3 Å². The number of nitrogens with one attached hydrogen (secondary N) is 2. The Kier molecular flexibility index (Phi) is 9.04. The van der Waals surface area contributed by atoms with E-state index < -0.39 is 11.7 Å². The summed E-state index contributed by atoms with van der Waals surface area (Å²) in [4.78, 5) is 22.9. The number of halogens is 5. The summed E-state index contributed by atoms with van der Waals surface area (Å²) >= 11 is 0. The number of nitrogens with zero attached hydrogens (tertiary/aromatic N) is 3. The van der Waals surface area contributed by atoms with Crippen molar-refractivity contribution >= 4 is 42.4 Å². The summed E-state index contributed by atoms with van der Waals surface area (Å²) in [7, 11) is 0. The molecule has 1 aliphatic heterocycles. The molecule has 0 atom stereocenters. The smallest absolute Gasteiger partial charge is 0.336 e. The van der Waals surface area contributed by atoms with Crippen molar-refractivity contribution in [3.8, 4) is 11.3 Å². The topological polar surface area (TPSA) is 70.2 Å². The highest BCUT2D eigenvalue weighted by molar-refractivity contribution is 5.94. The van der Waals surface area contributed by atoms with E-state index in [1.54, 1.807) is 30.3 Å². The van der Waals surface area contributed by atoms with Gasteiger partial charge in [0.25, 0.3) is 5.91 Å². The normalized spacial score (nSPS) is 13.5. The van der Waals surface area contributed by atoms with Crippen LogP contribution in [0.1, 0.15) is 15.9 Å². The van der Waals surface area contributed by atoms with Crippen LogP contribution in [0, 0.1) is 0 Å². The lowest BCUT2D eigenvalue weighted by molar-refractivity contribution is -0.137. The van der Waals surface area contributed by atoms with Crippen LogP contribution in [0.2, 0.25) is 0 Å². The van der Waals surface area contributed by atoms with E-state index in [-0.39, 0.29) is 30.7 Å². The fourth-order valence-corrected chi connectivity index (χ4v) is 3.29. The molecular formula is C22H22Cl2F3N5O. The number of piperazine rings is 1. The molecule has 3 aromatic rings. The molecule has 1 aliphatic rings. The predicted octanol–water partition coefficient (Wildman–Crippen LogP) is 4.80. The van der Waals surface area contributed by atoms with Crippen molar-refractivity contribution < 1.29 is 18.0 Å². The molecule has 0 bridgehead atoms. The zero-order chi connectivity index (χ0) is 21.8. The van der Waals surface area contributed by atoms with Gasteiger partial charge in [-0.25, -0.2) is 9.97 Å². The van der Waals surface area contributed by atoms with Gasteiger partial charge in [0.15, 0.2) is 0 Å². The molecule has 2 aromatic carbocycles. The molecule has 1 fully saturated rings. The standard InChI is InChI=1S/C22H20F3N5O.2ClH/c23-22(24,25)17-5-1-15(2-6-17)19-9-10-27-21(29-19)28-18-7-3-16(4-8-18)20(31)30-13-11-26-12-14-30;;/h1-10,26H,11-14H2,(H,27,28,29);2*1H. The van der Waals surface area contributed by atoms with E-state index in [9.17, 15) is 18.0 Å². The van der Waals surface area contributed by atoms with E-state index >= 15 is 0 Å². The second-order valence-electron chi connectivity index (χ2n) is 7.09. The Morgan fingerprint density at radius 2 is 1.58 bits per heavy atom. The van der Waals surface area contributed by atoms with E-state index in [1.807, 2.05) is 4.90 Å². The van der Waals surface area contributed by atoms with Gasteiger partial charge in [0.2, 0.25) is 5.95 Å². The van der Waals surface area contributed by atoms with E-state index in [0.717, 1.165) is 25.2 Å². The summed E-state index contributed by atoms with van der Waals surface area (Å²) in [5.74, 6) is 0.298. The lowest BCUT2D eigenvalue weighted by atomic mass is 10.1. The number of aromatic nitrogens is 2. The molecule has 2 N–H and O–H groups in total. The highest BCUT2D eigenvalue weighted by atomic mass is 35.5. The predicted molar refractivity (Wildman–Crippen MR) is 125 cm³/mol. The summed E-state index contributed by atoms with van der Waals surface area (Å²) in [6.07, 6.45) is -2.85. The van der Waals surface area contributed by atoms with Crippen LogP contribution in [0.25, 0.3) is 11.3 Å². The Bertz CT molecular complexity index is 1060. The first-order chi connectivity index (χ1) is 14.9. The van der Waals surface area contributed by atoms with Gasteiger partial charge in [-0.2, -0.15) is 13.2 Å². The number of benzene rings is 2. The fourth-order valence-electron chi connectivity index (χ4n) is 3.29. The zero-order valence-electron chi connectivity index (χ0n) is 17.3. The largest absolute Gasteiger partial charge is 0.416 e. The van der Waals surface area contributed by atoms with Gasteiger partial charge in [-0.1, -0.05) is 12.1 Å². The second kappa shape index (κ2) is 11.3. The molecule has 1 aromatic heterocycles. The monoisotopic (exact) mass is 499 g/mol. The molecule has 176 valence electrons. The molecule has 1 amide bonds. The van der Waals surface area contributed by atoms with Gasteiger partial charge in [-0.3, -0.25) is 4.79 Å². The number of carbonyl (C=O) groups excluding carboxylic acids is 1. The van der Waals surface area contributed by atoms with Crippen LogP contribution in [0.15, 0.2) is 60.8 Å². The van der Waals surface area contributed by atoms with Gasteiger partial charge in [0, 0.05) is 49.2 Å². The molecule has 0 spiro atoms. The minimum atomic E-state index is -4.38. The summed E-state index contributed by atoms with van der Waals surface area (Å²) < 4.78 is 38.3. The fraction of sp³-hybridized carbons (Fsp3) is 0.227. The van der Waals surface area contributed by atoms with Gasteiger partial charge in [-0.05, 0) is 42.5 Å². The van der Waals surface area contributed by atoms with Crippen LogP contribution < -0.4 is 10.6 Å². The van der Waals surface area contributed by atoms with E-state index in [4.69, 9.17) is 0 Å². The van der Waals surface area contributed by atoms with Gasteiger partial charge < -0.3 is 15.5 Å². The summed E-state index contributed by atoms with van der Waals surface area (Å²) in [5.41, 5.74) is 1.64.